The highest BCUT2D eigenvalue weighted by molar-refractivity contribution is 5.77. The van der Waals surface area contributed by atoms with Crippen molar-refractivity contribution in [2.45, 2.75) is 32.7 Å². The zero-order valence-electron chi connectivity index (χ0n) is 11.6. The molecule has 1 aliphatic carbocycles. The van der Waals surface area contributed by atoms with E-state index in [0.29, 0.717) is 5.92 Å². The Balaban J connectivity index is 1.82. The van der Waals surface area contributed by atoms with Gasteiger partial charge in [0.25, 0.3) is 5.91 Å². The summed E-state index contributed by atoms with van der Waals surface area (Å²) in [5.74, 6) is 1.38. The molecule has 0 aromatic heterocycles. The zero-order chi connectivity index (χ0) is 13.8. The molecule has 1 aromatic rings. The van der Waals surface area contributed by atoms with Crippen molar-refractivity contribution in [2.24, 2.45) is 11.7 Å². The van der Waals surface area contributed by atoms with Crippen LogP contribution in [0.5, 0.6) is 5.75 Å². The predicted octanol–water partition coefficient (Wildman–Crippen LogP) is 1.92. The number of amides is 1. The molecular weight excluding hydrogens is 240 g/mol. The molecule has 19 heavy (non-hydrogen) atoms. The summed E-state index contributed by atoms with van der Waals surface area (Å²) < 4.78 is 5.53. The maximum Gasteiger partial charge on any atom is 0.257 e. The number of carbonyl (C=O) groups is 1. The fourth-order valence-electron chi connectivity index (χ4n) is 1.89. The number of nitrogens with two attached hydrogens (primary N) is 1. The minimum Gasteiger partial charge on any atom is -0.484 e. The number of hydrogen-bond acceptors (Lipinski definition) is 3. The summed E-state index contributed by atoms with van der Waals surface area (Å²) in [7, 11) is 0. The van der Waals surface area contributed by atoms with Crippen molar-refractivity contribution in [2.75, 3.05) is 13.2 Å². The molecule has 0 spiro atoms. The Morgan fingerprint density at radius 2 is 2.26 bits per heavy atom. The third kappa shape index (κ3) is 4.24. The van der Waals surface area contributed by atoms with E-state index < -0.39 is 0 Å². The average molecular weight is 262 g/mol. The van der Waals surface area contributed by atoms with E-state index >= 15 is 0 Å². The highest BCUT2D eigenvalue weighted by atomic mass is 16.5. The van der Waals surface area contributed by atoms with Crippen molar-refractivity contribution in [3.8, 4) is 5.75 Å². The molecule has 0 heterocycles. The summed E-state index contributed by atoms with van der Waals surface area (Å²) in [4.78, 5) is 11.6. The molecule has 1 amide bonds. The standard InChI is InChI=1S/C15H22N2O2/c1-10-7-13(11(2)16)5-6-14(10)19-9-15(18)17-8-12-3-4-12/h5-7,11-12H,3-4,8-9,16H2,1-2H3,(H,17,18). The van der Waals surface area contributed by atoms with E-state index in [-0.39, 0.29) is 18.6 Å². The van der Waals surface area contributed by atoms with Crippen LogP contribution < -0.4 is 15.8 Å². The first-order chi connectivity index (χ1) is 9.06. The van der Waals surface area contributed by atoms with Gasteiger partial charge in [0.2, 0.25) is 0 Å². The molecule has 0 saturated heterocycles. The molecule has 1 aliphatic rings. The van der Waals surface area contributed by atoms with Gasteiger partial charge in [-0.1, -0.05) is 12.1 Å². The molecule has 0 radical (unpaired) electrons. The molecule has 1 atom stereocenters. The van der Waals surface area contributed by atoms with Gasteiger partial charge >= 0.3 is 0 Å². The topological polar surface area (TPSA) is 64.3 Å². The summed E-state index contributed by atoms with van der Waals surface area (Å²) in [6.07, 6.45) is 2.47. The SMILES string of the molecule is Cc1cc(C(C)N)ccc1OCC(=O)NCC1CC1. The van der Waals surface area contributed by atoms with Gasteiger partial charge in [-0.25, -0.2) is 0 Å². The number of benzene rings is 1. The molecule has 0 aliphatic heterocycles. The van der Waals surface area contributed by atoms with Gasteiger partial charge in [0.05, 0.1) is 0 Å². The Labute approximate surface area is 114 Å². The van der Waals surface area contributed by atoms with Gasteiger partial charge < -0.3 is 15.8 Å². The van der Waals surface area contributed by atoms with Crippen LogP contribution in [0.2, 0.25) is 0 Å². The van der Waals surface area contributed by atoms with Crippen LogP contribution >= 0.6 is 0 Å². The molecule has 104 valence electrons. The second-order valence-corrected chi connectivity index (χ2v) is 5.35. The summed E-state index contributed by atoms with van der Waals surface area (Å²) in [6, 6.07) is 5.83. The fourth-order valence-corrected chi connectivity index (χ4v) is 1.89. The first kappa shape index (κ1) is 13.9. The molecule has 3 N–H and O–H groups in total. The van der Waals surface area contributed by atoms with Gasteiger partial charge in [0.1, 0.15) is 5.75 Å². The monoisotopic (exact) mass is 262 g/mol. The highest BCUT2D eigenvalue weighted by Gasteiger charge is 2.21. The number of aryl methyl sites for hydroxylation is 1. The molecule has 4 nitrogen and oxygen atoms in total. The quantitative estimate of drug-likeness (QED) is 0.823. The number of hydrogen-bond donors (Lipinski definition) is 2. The predicted molar refractivity (Wildman–Crippen MR) is 75.0 cm³/mol. The van der Waals surface area contributed by atoms with E-state index in [1.165, 1.54) is 12.8 Å². The van der Waals surface area contributed by atoms with Crippen LogP contribution in [0, 0.1) is 12.8 Å². The van der Waals surface area contributed by atoms with Gasteiger partial charge in [-0.05, 0) is 49.8 Å². The van der Waals surface area contributed by atoms with E-state index in [2.05, 4.69) is 5.32 Å². The third-order valence-corrected chi connectivity index (χ3v) is 3.37. The van der Waals surface area contributed by atoms with Crippen molar-refractivity contribution in [3.63, 3.8) is 0 Å². The van der Waals surface area contributed by atoms with Crippen LogP contribution in [-0.2, 0) is 4.79 Å². The lowest BCUT2D eigenvalue weighted by molar-refractivity contribution is -0.123. The summed E-state index contributed by atoms with van der Waals surface area (Å²) in [5, 5.41) is 2.88. The lowest BCUT2D eigenvalue weighted by Gasteiger charge is -2.12. The van der Waals surface area contributed by atoms with E-state index in [1.807, 2.05) is 32.0 Å². The van der Waals surface area contributed by atoms with Crippen LogP contribution in [0.3, 0.4) is 0 Å². The van der Waals surface area contributed by atoms with Crippen molar-refractivity contribution >= 4 is 5.91 Å². The van der Waals surface area contributed by atoms with Gasteiger partial charge in [-0.2, -0.15) is 0 Å². The molecular formula is C15H22N2O2. The number of nitrogens with one attached hydrogen (secondary N) is 1. The van der Waals surface area contributed by atoms with Gasteiger partial charge in [0.15, 0.2) is 6.61 Å². The lowest BCUT2D eigenvalue weighted by atomic mass is 10.1. The molecule has 0 bridgehead atoms. The van der Waals surface area contributed by atoms with Crippen molar-refractivity contribution in [3.05, 3.63) is 29.3 Å². The van der Waals surface area contributed by atoms with Crippen molar-refractivity contribution in [1.82, 2.24) is 5.32 Å². The van der Waals surface area contributed by atoms with Gasteiger partial charge in [-0.3, -0.25) is 4.79 Å². The minimum absolute atomic E-state index is 0.00888. The van der Waals surface area contributed by atoms with E-state index in [9.17, 15) is 4.79 Å². The van der Waals surface area contributed by atoms with Crippen molar-refractivity contribution in [1.29, 1.82) is 0 Å². The summed E-state index contributed by atoms with van der Waals surface area (Å²) in [5.41, 5.74) is 7.90. The number of carbonyl (C=O) groups excluding carboxylic acids is 1. The molecule has 1 unspecified atom stereocenters. The van der Waals surface area contributed by atoms with E-state index in [0.717, 1.165) is 23.4 Å². The first-order valence-corrected chi connectivity index (χ1v) is 6.82. The Hall–Kier alpha value is -1.55. The average Bonchev–Trinajstić information content (AvgIpc) is 3.18. The molecule has 1 fully saturated rings. The lowest BCUT2D eigenvalue weighted by Crippen LogP contribution is -2.30. The zero-order valence-corrected chi connectivity index (χ0v) is 11.6. The van der Waals surface area contributed by atoms with Crippen LogP contribution in [0.15, 0.2) is 18.2 Å². The van der Waals surface area contributed by atoms with Crippen LogP contribution in [0.25, 0.3) is 0 Å². The maximum absolute atomic E-state index is 11.6. The summed E-state index contributed by atoms with van der Waals surface area (Å²) in [6.45, 7) is 4.76. The largest absolute Gasteiger partial charge is 0.484 e. The molecule has 1 aromatic carbocycles. The Bertz CT molecular complexity index is 453. The first-order valence-electron chi connectivity index (χ1n) is 6.82. The Kier molecular flexibility index (Phi) is 4.43. The van der Waals surface area contributed by atoms with Crippen molar-refractivity contribution < 1.29 is 9.53 Å². The summed E-state index contributed by atoms with van der Waals surface area (Å²) >= 11 is 0. The van der Waals surface area contributed by atoms with Gasteiger partial charge in [0, 0.05) is 12.6 Å². The van der Waals surface area contributed by atoms with Gasteiger partial charge in [-0.15, -0.1) is 0 Å². The smallest absolute Gasteiger partial charge is 0.257 e. The van der Waals surface area contributed by atoms with E-state index in [4.69, 9.17) is 10.5 Å². The minimum atomic E-state index is -0.0532. The Morgan fingerprint density at radius 3 is 2.84 bits per heavy atom. The van der Waals surface area contributed by atoms with Crippen LogP contribution in [0.4, 0.5) is 0 Å². The second-order valence-electron chi connectivity index (χ2n) is 5.35. The second kappa shape index (κ2) is 6.06. The van der Waals surface area contributed by atoms with E-state index in [1.54, 1.807) is 0 Å². The molecule has 1 saturated carbocycles. The normalized spacial score (nSPS) is 15.9. The molecule has 4 heteroatoms. The fraction of sp³-hybridized carbons (Fsp3) is 0.533. The number of ether oxygens (including phenoxy) is 1. The Morgan fingerprint density at radius 1 is 1.53 bits per heavy atom. The third-order valence-electron chi connectivity index (χ3n) is 3.37. The van der Waals surface area contributed by atoms with Crippen LogP contribution in [0.1, 0.15) is 36.9 Å². The molecule has 2 rings (SSSR count). The van der Waals surface area contributed by atoms with Crippen LogP contribution in [-0.4, -0.2) is 19.1 Å². The highest BCUT2D eigenvalue weighted by Crippen LogP contribution is 2.27. The number of rotatable bonds is 6. The maximum atomic E-state index is 11.6.